The van der Waals surface area contributed by atoms with E-state index in [0.717, 1.165) is 0 Å². The SMILES string of the molecule is Cc1ccc(F)c(Nc2cncc(NN)n2)c1F. The fourth-order valence-electron chi connectivity index (χ4n) is 1.40. The normalized spacial score (nSPS) is 10.2. The molecule has 0 unspecified atom stereocenters. The molecule has 5 nitrogen and oxygen atoms in total. The summed E-state index contributed by atoms with van der Waals surface area (Å²) in [6.07, 6.45) is 2.72. The van der Waals surface area contributed by atoms with Gasteiger partial charge in [0.05, 0.1) is 12.4 Å². The van der Waals surface area contributed by atoms with Crippen LogP contribution in [0, 0.1) is 18.6 Å². The second kappa shape index (κ2) is 4.92. The fraction of sp³-hybridized carbons (Fsp3) is 0.0909. The van der Waals surface area contributed by atoms with E-state index in [1.54, 1.807) is 6.92 Å². The van der Waals surface area contributed by atoms with Crippen LogP contribution in [-0.2, 0) is 0 Å². The molecule has 0 atom stereocenters. The van der Waals surface area contributed by atoms with E-state index in [1.807, 2.05) is 0 Å². The van der Waals surface area contributed by atoms with Gasteiger partial charge in [-0.2, -0.15) is 0 Å². The van der Waals surface area contributed by atoms with Crippen LogP contribution in [0.4, 0.5) is 26.1 Å². The standard InChI is InChI=1S/C11H11F2N5/c1-6-2-3-7(12)11(10(6)13)17-8-4-15-5-9(16-8)18-14/h2-5H,14H2,1H3,(H2,16,17,18). The molecule has 0 aliphatic carbocycles. The monoisotopic (exact) mass is 251 g/mol. The quantitative estimate of drug-likeness (QED) is 0.575. The third kappa shape index (κ3) is 2.35. The van der Waals surface area contributed by atoms with E-state index in [2.05, 4.69) is 20.7 Å². The Balaban J connectivity index is 2.36. The van der Waals surface area contributed by atoms with E-state index in [1.165, 1.54) is 24.5 Å². The van der Waals surface area contributed by atoms with Gasteiger partial charge in [0.25, 0.3) is 0 Å². The molecule has 4 N–H and O–H groups in total. The van der Waals surface area contributed by atoms with Gasteiger partial charge in [-0.3, -0.25) is 4.98 Å². The number of benzene rings is 1. The maximum Gasteiger partial charge on any atom is 0.160 e. The van der Waals surface area contributed by atoms with Crippen molar-refractivity contribution >= 4 is 17.3 Å². The highest BCUT2D eigenvalue weighted by atomic mass is 19.1. The molecule has 0 aliphatic heterocycles. The predicted molar refractivity (Wildman–Crippen MR) is 64.2 cm³/mol. The highest BCUT2D eigenvalue weighted by Gasteiger charge is 2.12. The molecule has 7 heteroatoms. The van der Waals surface area contributed by atoms with Gasteiger partial charge in [-0.1, -0.05) is 6.07 Å². The van der Waals surface area contributed by atoms with Crippen LogP contribution in [0.15, 0.2) is 24.5 Å². The second-order valence-electron chi connectivity index (χ2n) is 3.61. The van der Waals surface area contributed by atoms with E-state index in [4.69, 9.17) is 5.84 Å². The van der Waals surface area contributed by atoms with Gasteiger partial charge >= 0.3 is 0 Å². The van der Waals surface area contributed by atoms with E-state index in [0.29, 0.717) is 5.56 Å². The van der Waals surface area contributed by atoms with Crippen molar-refractivity contribution in [3.63, 3.8) is 0 Å². The van der Waals surface area contributed by atoms with E-state index in [-0.39, 0.29) is 17.3 Å². The number of anilines is 3. The van der Waals surface area contributed by atoms with Crippen molar-refractivity contribution in [3.8, 4) is 0 Å². The smallest absolute Gasteiger partial charge is 0.160 e. The molecule has 18 heavy (non-hydrogen) atoms. The van der Waals surface area contributed by atoms with Crippen LogP contribution in [0.2, 0.25) is 0 Å². The van der Waals surface area contributed by atoms with Gasteiger partial charge in [-0.05, 0) is 18.6 Å². The first-order valence-corrected chi connectivity index (χ1v) is 5.12. The number of hydrazine groups is 1. The highest BCUT2D eigenvalue weighted by molar-refractivity contribution is 5.59. The summed E-state index contributed by atoms with van der Waals surface area (Å²) < 4.78 is 27.2. The zero-order chi connectivity index (χ0) is 13.1. The fourth-order valence-corrected chi connectivity index (χ4v) is 1.40. The van der Waals surface area contributed by atoms with Gasteiger partial charge in [0.2, 0.25) is 0 Å². The van der Waals surface area contributed by atoms with Gasteiger partial charge in [-0.25, -0.2) is 19.6 Å². The van der Waals surface area contributed by atoms with Gasteiger partial charge in [-0.15, -0.1) is 0 Å². The van der Waals surface area contributed by atoms with E-state index >= 15 is 0 Å². The molecule has 2 aromatic rings. The Labute approximate surface area is 102 Å². The number of nitrogen functional groups attached to an aromatic ring is 1. The summed E-state index contributed by atoms with van der Waals surface area (Å²) in [6.45, 7) is 1.55. The minimum atomic E-state index is -0.703. The first kappa shape index (κ1) is 12.2. The second-order valence-corrected chi connectivity index (χ2v) is 3.61. The molecule has 0 saturated carbocycles. The zero-order valence-corrected chi connectivity index (χ0v) is 9.54. The number of hydrogen-bond acceptors (Lipinski definition) is 5. The van der Waals surface area contributed by atoms with Crippen LogP contribution in [0.1, 0.15) is 5.56 Å². The lowest BCUT2D eigenvalue weighted by atomic mass is 10.2. The summed E-state index contributed by atoms with van der Waals surface area (Å²) in [5, 5.41) is 2.54. The zero-order valence-electron chi connectivity index (χ0n) is 9.54. The summed E-state index contributed by atoms with van der Waals surface area (Å²) in [5.41, 5.74) is 2.36. The lowest BCUT2D eigenvalue weighted by Gasteiger charge is -2.10. The Morgan fingerprint density at radius 1 is 1.17 bits per heavy atom. The molecule has 0 aliphatic rings. The van der Waals surface area contributed by atoms with Crippen LogP contribution in [0.3, 0.4) is 0 Å². The van der Waals surface area contributed by atoms with Crippen molar-refractivity contribution in [2.75, 3.05) is 10.7 Å². The molecular weight excluding hydrogens is 240 g/mol. The van der Waals surface area contributed by atoms with Crippen LogP contribution < -0.4 is 16.6 Å². The number of aromatic nitrogens is 2. The van der Waals surface area contributed by atoms with Gasteiger partial charge in [0, 0.05) is 0 Å². The van der Waals surface area contributed by atoms with Gasteiger partial charge in [0.15, 0.2) is 17.5 Å². The highest BCUT2D eigenvalue weighted by Crippen LogP contribution is 2.24. The van der Waals surface area contributed by atoms with E-state index < -0.39 is 11.6 Å². The van der Waals surface area contributed by atoms with Crippen molar-refractivity contribution < 1.29 is 8.78 Å². The molecule has 1 heterocycles. The minimum Gasteiger partial charge on any atom is -0.334 e. The first-order chi connectivity index (χ1) is 8.61. The summed E-state index contributed by atoms with van der Waals surface area (Å²) in [7, 11) is 0. The first-order valence-electron chi connectivity index (χ1n) is 5.12. The number of nitrogens with zero attached hydrogens (tertiary/aromatic N) is 2. The van der Waals surface area contributed by atoms with Crippen molar-refractivity contribution in [1.82, 2.24) is 9.97 Å². The number of rotatable bonds is 3. The van der Waals surface area contributed by atoms with Crippen molar-refractivity contribution in [3.05, 3.63) is 41.7 Å². The van der Waals surface area contributed by atoms with Gasteiger partial charge in [0.1, 0.15) is 11.5 Å². The number of halogens is 2. The molecule has 0 bridgehead atoms. The Kier molecular flexibility index (Phi) is 3.33. The molecule has 0 spiro atoms. The summed E-state index contributed by atoms with van der Waals surface area (Å²) in [6, 6.07) is 2.54. The van der Waals surface area contributed by atoms with Crippen LogP contribution in [-0.4, -0.2) is 9.97 Å². The Hall–Kier alpha value is -2.28. The largest absolute Gasteiger partial charge is 0.334 e. The van der Waals surface area contributed by atoms with E-state index in [9.17, 15) is 8.78 Å². The van der Waals surface area contributed by atoms with Crippen molar-refractivity contribution in [1.29, 1.82) is 0 Å². The number of nitrogens with one attached hydrogen (secondary N) is 2. The van der Waals surface area contributed by atoms with Crippen LogP contribution >= 0.6 is 0 Å². The van der Waals surface area contributed by atoms with Gasteiger partial charge < -0.3 is 10.7 Å². The average Bonchev–Trinajstić information content (AvgIpc) is 2.39. The summed E-state index contributed by atoms with van der Waals surface area (Å²) in [4.78, 5) is 7.78. The molecule has 1 aromatic heterocycles. The topological polar surface area (TPSA) is 75.9 Å². The molecule has 0 saturated heterocycles. The maximum absolute atomic E-state index is 13.7. The third-order valence-corrected chi connectivity index (χ3v) is 2.32. The molecule has 1 aromatic carbocycles. The molecule has 0 amide bonds. The molecule has 0 radical (unpaired) electrons. The number of hydrogen-bond donors (Lipinski definition) is 3. The van der Waals surface area contributed by atoms with Crippen LogP contribution in [0.5, 0.6) is 0 Å². The lowest BCUT2D eigenvalue weighted by molar-refractivity contribution is 0.584. The molecule has 94 valence electrons. The van der Waals surface area contributed by atoms with Crippen molar-refractivity contribution in [2.24, 2.45) is 5.84 Å². The Morgan fingerprint density at radius 3 is 2.61 bits per heavy atom. The Bertz CT molecular complexity index is 573. The van der Waals surface area contributed by atoms with Crippen LogP contribution in [0.25, 0.3) is 0 Å². The molecule has 2 rings (SSSR count). The molecule has 0 fully saturated rings. The predicted octanol–water partition coefficient (Wildman–Crippen LogP) is 2.09. The lowest BCUT2D eigenvalue weighted by Crippen LogP contribution is -2.10. The number of nitrogens with two attached hydrogens (primary N) is 1. The summed E-state index contributed by atoms with van der Waals surface area (Å²) in [5.74, 6) is 4.28. The molecular formula is C11H11F2N5. The van der Waals surface area contributed by atoms with Crippen molar-refractivity contribution in [2.45, 2.75) is 6.92 Å². The summed E-state index contributed by atoms with van der Waals surface area (Å²) >= 11 is 0. The maximum atomic E-state index is 13.7. The number of aryl methyl sites for hydroxylation is 1. The minimum absolute atomic E-state index is 0.189. The Morgan fingerprint density at radius 2 is 1.89 bits per heavy atom. The average molecular weight is 251 g/mol. The third-order valence-electron chi connectivity index (χ3n) is 2.32.